The van der Waals surface area contributed by atoms with E-state index in [1.165, 1.54) is 12.4 Å². The van der Waals surface area contributed by atoms with Gasteiger partial charge in [-0.25, -0.2) is 4.79 Å². The summed E-state index contributed by atoms with van der Waals surface area (Å²) < 4.78 is 4.89. The van der Waals surface area contributed by atoms with Gasteiger partial charge in [0.2, 0.25) is 0 Å². The van der Waals surface area contributed by atoms with Gasteiger partial charge >= 0.3 is 6.16 Å². The molecule has 1 rings (SSSR count). The number of ether oxygens (including phenoxy) is 1. The standard InChI is InChI=1S/C8H13N3O3/c1-8(2,3)13-7(12)14-11-5-6(9)4-10-11/h4-5H,9H2,1-3H3. The predicted octanol–water partition coefficient (Wildman–Crippen LogP) is 0.829. The molecular formula is C8H13N3O3. The van der Waals surface area contributed by atoms with Gasteiger partial charge in [0.1, 0.15) is 5.60 Å². The summed E-state index contributed by atoms with van der Waals surface area (Å²) in [5, 5.41) is 3.65. The van der Waals surface area contributed by atoms with E-state index >= 15 is 0 Å². The van der Waals surface area contributed by atoms with E-state index in [0.717, 1.165) is 4.85 Å². The molecule has 0 aliphatic carbocycles. The van der Waals surface area contributed by atoms with Crippen molar-refractivity contribution in [2.45, 2.75) is 26.4 Å². The van der Waals surface area contributed by atoms with Crippen molar-refractivity contribution in [2.75, 3.05) is 5.73 Å². The molecule has 0 unspecified atom stereocenters. The van der Waals surface area contributed by atoms with Crippen LogP contribution in [0.25, 0.3) is 0 Å². The molecule has 0 aliphatic rings. The van der Waals surface area contributed by atoms with Crippen LogP contribution in [-0.4, -0.2) is 21.7 Å². The normalized spacial score (nSPS) is 11.1. The Morgan fingerprint density at radius 1 is 1.57 bits per heavy atom. The molecular weight excluding hydrogens is 186 g/mol. The Morgan fingerprint density at radius 2 is 2.21 bits per heavy atom. The van der Waals surface area contributed by atoms with E-state index in [9.17, 15) is 4.79 Å². The maximum Gasteiger partial charge on any atom is 0.535 e. The van der Waals surface area contributed by atoms with Crippen molar-refractivity contribution in [1.29, 1.82) is 0 Å². The highest BCUT2D eigenvalue weighted by Crippen LogP contribution is 2.07. The minimum absolute atomic E-state index is 0.411. The van der Waals surface area contributed by atoms with Gasteiger partial charge in [-0.2, -0.15) is 0 Å². The first kappa shape index (κ1) is 10.4. The number of carbonyl (C=O) groups is 1. The van der Waals surface area contributed by atoms with Crippen LogP contribution in [0.5, 0.6) is 0 Å². The minimum Gasteiger partial charge on any atom is -0.427 e. The van der Waals surface area contributed by atoms with Crippen molar-refractivity contribution in [3.63, 3.8) is 0 Å². The van der Waals surface area contributed by atoms with Crippen molar-refractivity contribution < 1.29 is 14.4 Å². The molecule has 2 N–H and O–H groups in total. The summed E-state index contributed by atoms with van der Waals surface area (Å²) in [5.74, 6) is 0. The summed E-state index contributed by atoms with van der Waals surface area (Å²) >= 11 is 0. The third-order valence-electron chi connectivity index (χ3n) is 1.14. The van der Waals surface area contributed by atoms with Crippen LogP contribution in [0.4, 0.5) is 10.5 Å². The second-order valence-electron chi connectivity index (χ2n) is 3.73. The van der Waals surface area contributed by atoms with Crippen molar-refractivity contribution >= 4 is 11.8 Å². The molecule has 0 fully saturated rings. The largest absolute Gasteiger partial charge is 0.535 e. The van der Waals surface area contributed by atoms with Gasteiger partial charge in [-0.15, -0.1) is 5.10 Å². The van der Waals surface area contributed by atoms with Crippen molar-refractivity contribution in [3.8, 4) is 0 Å². The summed E-state index contributed by atoms with van der Waals surface area (Å²) in [6, 6.07) is 0. The summed E-state index contributed by atoms with van der Waals surface area (Å²) in [7, 11) is 0. The van der Waals surface area contributed by atoms with Crippen LogP contribution in [0.15, 0.2) is 12.4 Å². The summed E-state index contributed by atoms with van der Waals surface area (Å²) in [6.07, 6.45) is 1.91. The first-order valence-electron chi connectivity index (χ1n) is 4.08. The highest BCUT2D eigenvalue weighted by atomic mass is 16.8. The molecule has 0 radical (unpaired) electrons. The molecule has 0 bridgehead atoms. The summed E-state index contributed by atoms with van der Waals surface area (Å²) in [4.78, 5) is 16.7. The second-order valence-corrected chi connectivity index (χ2v) is 3.73. The van der Waals surface area contributed by atoms with Crippen LogP contribution in [0.3, 0.4) is 0 Å². The molecule has 14 heavy (non-hydrogen) atoms. The van der Waals surface area contributed by atoms with E-state index in [2.05, 4.69) is 9.94 Å². The highest BCUT2D eigenvalue weighted by Gasteiger charge is 2.18. The first-order valence-corrected chi connectivity index (χ1v) is 4.08. The van der Waals surface area contributed by atoms with Gasteiger partial charge in [0.15, 0.2) is 0 Å². The van der Waals surface area contributed by atoms with E-state index in [-0.39, 0.29) is 0 Å². The number of aromatic nitrogens is 2. The molecule has 1 aromatic rings. The summed E-state index contributed by atoms with van der Waals surface area (Å²) in [6.45, 7) is 5.23. The van der Waals surface area contributed by atoms with E-state index < -0.39 is 11.8 Å². The Balaban J connectivity index is 2.50. The fraction of sp³-hybridized carbons (Fsp3) is 0.500. The Kier molecular flexibility index (Phi) is 2.64. The number of rotatable bonds is 1. The van der Waals surface area contributed by atoms with Gasteiger partial charge in [0.05, 0.1) is 18.1 Å². The Labute approximate surface area is 81.5 Å². The van der Waals surface area contributed by atoms with Crippen LogP contribution < -0.4 is 10.6 Å². The quantitative estimate of drug-likeness (QED) is 0.677. The van der Waals surface area contributed by atoms with Crippen LogP contribution >= 0.6 is 0 Å². The zero-order valence-corrected chi connectivity index (χ0v) is 8.35. The highest BCUT2D eigenvalue weighted by molar-refractivity contribution is 5.60. The second kappa shape index (κ2) is 3.57. The van der Waals surface area contributed by atoms with Crippen LogP contribution in [0.2, 0.25) is 0 Å². The zero-order valence-electron chi connectivity index (χ0n) is 8.35. The van der Waals surface area contributed by atoms with Crippen molar-refractivity contribution in [3.05, 3.63) is 12.4 Å². The zero-order chi connectivity index (χ0) is 10.8. The fourth-order valence-corrected chi connectivity index (χ4v) is 0.713. The van der Waals surface area contributed by atoms with Crippen molar-refractivity contribution in [2.24, 2.45) is 0 Å². The number of carbonyl (C=O) groups excluding carboxylic acids is 1. The van der Waals surface area contributed by atoms with Crippen LogP contribution in [0, 0.1) is 0 Å². The average molecular weight is 199 g/mol. The smallest absolute Gasteiger partial charge is 0.427 e. The summed E-state index contributed by atoms with van der Waals surface area (Å²) in [5.41, 5.74) is 5.19. The third kappa shape index (κ3) is 3.34. The Bertz CT molecular complexity index is 327. The van der Waals surface area contributed by atoms with E-state index in [0.29, 0.717) is 5.69 Å². The molecule has 6 heteroatoms. The Hall–Kier alpha value is -1.72. The number of anilines is 1. The average Bonchev–Trinajstić information content (AvgIpc) is 2.30. The molecule has 0 aromatic carbocycles. The Morgan fingerprint density at radius 3 is 2.64 bits per heavy atom. The van der Waals surface area contributed by atoms with Crippen molar-refractivity contribution in [1.82, 2.24) is 9.94 Å². The van der Waals surface area contributed by atoms with Gasteiger partial charge in [-0.05, 0) is 20.8 Å². The molecule has 6 nitrogen and oxygen atoms in total. The number of nitrogen functional groups attached to an aromatic ring is 1. The molecule has 0 saturated carbocycles. The number of hydrogen-bond donors (Lipinski definition) is 1. The SMILES string of the molecule is CC(C)(C)OC(=O)On1cc(N)cn1. The molecule has 0 amide bonds. The van der Waals surface area contributed by atoms with Gasteiger partial charge in [0.25, 0.3) is 0 Å². The predicted molar refractivity (Wildman–Crippen MR) is 49.5 cm³/mol. The molecule has 1 aromatic heterocycles. The maximum atomic E-state index is 11.1. The monoisotopic (exact) mass is 199 g/mol. The number of hydrogen-bond acceptors (Lipinski definition) is 5. The van der Waals surface area contributed by atoms with Gasteiger partial charge in [-0.3, -0.25) is 4.84 Å². The van der Waals surface area contributed by atoms with E-state index in [1.807, 2.05) is 0 Å². The lowest BCUT2D eigenvalue weighted by Crippen LogP contribution is -2.30. The number of nitrogens with two attached hydrogens (primary N) is 1. The van der Waals surface area contributed by atoms with Gasteiger partial charge < -0.3 is 10.5 Å². The van der Waals surface area contributed by atoms with Gasteiger partial charge in [-0.1, -0.05) is 4.85 Å². The van der Waals surface area contributed by atoms with E-state index in [1.54, 1.807) is 20.8 Å². The lowest BCUT2D eigenvalue weighted by Gasteiger charge is -2.17. The first-order chi connectivity index (χ1) is 6.37. The molecule has 0 saturated heterocycles. The molecule has 1 heterocycles. The van der Waals surface area contributed by atoms with E-state index in [4.69, 9.17) is 10.5 Å². The van der Waals surface area contributed by atoms with Gasteiger partial charge in [0, 0.05) is 0 Å². The molecule has 0 spiro atoms. The lowest BCUT2D eigenvalue weighted by atomic mass is 10.2. The molecule has 78 valence electrons. The van der Waals surface area contributed by atoms with Crippen LogP contribution in [0.1, 0.15) is 20.8 Å². The van der Waals surface area contributed by atoms with Crippen LogP contribution in [-0.2, 0) is 4.74 Å². The molecule has 0 aliphatic heterocycles. The number of nitrogens with zero attached hydrogens (tertiary/aromatic N) is 2. The fourth-order valence-electron chi connectivity index (χ4n) is 0.713. The minimum atomic E-state index is -0.819. The third-order valence-corrected chi connectivity index (χ3v) is 1.14. The maximum absolute atomic E-state index is 11.1. The molecule has 0 atom stereocenters. The topological polar surface area (TPSA) is 79.4 Å². The lowest BCUT2D eigenvalue weighted by molar-refractivity contribution is -0.0171.